The summed E-state index contributed by atoms with van der Waals surface area (Å²) in [7, 11) is -1.48. The van der Waals surface area contributed by atoms with Gasteiger partial charge in [-0.2, -0.15) is 0 Å². The zero-order chi connectivity index (χ0) is 24.0. The molecule has 4 atom stereocenters. The fourth-order valence-corrected chi connectivity index (χ4v) is 4.51. The summed E-state index contributed by atoms with van der Waals surface area (Å²) in [6, 6.07) is 8.54. The van der Waals surface area contributed by atoms with Crippen LogP contribution in [0.15, 0.2) is 36.5 Å². The smallest absolute Gasteiger partial charge is 0.472 e. The number of likely N-dealkylation sites (N-methyl/N-ethyl adjacent to an activating group) is 1. The van der Waals surface area contributed by atoms with E-state index in [1.54, 1.807) is 25.4 Å². The minimum Gasteiger partial charge on any atom is -0.489 e. The number of pyridine rings is 1. The molecule has 34 heavy (non-hydrogen) atoms. The lowest BCUT2D eigenvalue weighted by Gasteiger charge is -2.31. The second-order valence-electron chi connectivity index (χ2n) is 8.02. The first-order valence-corrected chi connectivity index (χ1v) is 11.9. The molecule has 2 aromatic rings. The van der Waals surface area contributed by atoms with Gasteiger partial charge in [-0.1, -0.05) is 12.1 Å². The maximum absolute atomic E-state index is 12.5. The lowest BCUT2D eigenvalue weighted by molar-refractivity contribution is 0.0640. The predicted octanol–water partition coefficient (Wildman–Crippen LogP) is 2.72. The van der Waals surface area contributed by atoms with Gasteiger partial charge in [0.2, 0.25) is 0 Å². The van der Waals surface area contributed by atoms with Crippen LogP contribution in [0.25, 0.3) is 11.1 Å². The van der Waals surface area contributed by atoms with Crippen molar-refractivity contribution >= 4 is 25.7 Å². The van der Waals surface area contributed by atoms with E-state index in [4.69, 9.17) is 18.7 Å². The van der Waals surface area contributed by atoms with E-state index in [0.29, 0.717) is 23.7 Å². The highest BCUT2D eigenvalue weighted by Gasteiger charge is 2.47. The van der Waals surface area contributed by atoms with Crippen LogP contribution in [0.2, 0.25) is 0 Å². The van der Waals surface area contributed by atoms with Crippen molar-refractivity contribution in [3.63, 3.8) is 0 Å². The average molecular weight is 491 g/mol. The highest BCUT2D eigenvalue weighted by Crippen LogP contribution is 2.45. The summed E-state index contributed by atoms with van der Waals surface area (Å²) < 4.78 is 37.4. The highest BCUT2D eigenvalue weighted by molar-refractivity contribution is 7.47. The molecule has 5 rings (SSSR count). The SMILES string of the molecule is COP(=O)(O)OC[C@@H]1OC(=O)N2c3ccc(-c4ccc([C@@H]5CN(C)C(=O)O5)nc4)cc3OC[C@@H]12. The molecule has 0 bridgehead atoms. The lowest BCUT2D eigenvalue weighted by Crippen LogP contribution is -2.45. The number of nitrogens with zero attached hydrogens (tertiary/aromatic N) is 3. The third kappa shape index (κ3) is 4.09. The Morgan fingerprint density at radius 2 is 1.97 bits per heavy atom. The quantitative estimate of drug-likeness (QED) is 0.601. The molecule has 180 valence electrons. The van der Waals surface area contributed by atoms with E-state index in [0.717, 1.165) is 18.2 Å². The number of carbonyl (C=O) groups is 2. The number of phosphoric ester groups is 1. The van der Waals surface area contributed by atoms with E-state index in [-0.39, 0.29) is 19.3 Å². The fourth-order valence-electron chi connectivity index (χ4n) is 4.07. The van der Waals surface area contributed by atoms with Gasteiger partial charge in [0.05, 0.1) is 24.5 Å². The van der Waals surface area contributed by atoms with Crippen molar-refractivity contribution in [2.45, 2.75) is 18.2 Å². The molecular formula is C21H22N3O9P. The van der Waals surface area contributed by atoms with E-state index in [2.05, 4.69) is 9.51 Å². The monoisotopic (exact) mass is 491 g/mol. The number of anilines is 1. The summed E-state index contributed by atoms with van der Waals surface area (Å²) >= 11 is 0. The zero-order valence-electron chi connectivity index (χ0n) is 18.3. The molecule has 0 saturated carbocycles. The van der Waals surface area contributed by atoms with Crippen LogP contribution in [0.3, 0.4) is 0 Å². The first kappa shape index (κ1) is 22.6. The Labute approximate surface area is 194 Å². The normalized spacial score (nSPS) is 25.2. The number of ether oxygens (including phenoxy) is 3. The Morgan fingerprint density at radius 1 is 1.18 bits per heavy atom. The third-order valence-corrected chi connectivity index (χ3v) is 6.85. The summed E-state index contributed by atoms with van der Waals surface area (Å²) in [5.41, 5.74) is 2.83. The number of rotatable bonds is 6. The van der Waals surface area contributed by atoms with Crippen molar-refractivity contribution in [2.75, 3.05) is 38.8 Å². The van der Waals surface area contributed by atoms with E-state index >= 15 is 0 Å². The first-order chi connectivity index (χ1) is 16.3. The molecule has 3 aliphatic heterocycles. The maximum Gasteiger partial charge on any atom is 0.472 e. The predicted molar refractivity (Wildman–Crippen MR) is 116 cm³/mol. The van der Waals surface area contributed by atoms with E-state index in [1.807, 2.05) is 18.2 Å². The molecule has 0 aliphatic carbocycles. The molecule has 2 amide bonds. The van der Waals surface area contributed by atoms with Gasteiger partial charge in [-0.15, -0.1) is 0 Å². The van der Waals surface area contributed by atoms with Gasteiger partial charge in [0.25, 0.3) is 0 Å². The molecule has 1 aromatic heterocycles. The van der Waals surface area contributed by atoms with Gasteiger partial charge < -0.3 is 24.0 Å². The molecular weight excluding hydrogens is 469 g/mol. The Balaban J connectivity index is 1.32. The highest BCUT2D eigenvalue weighted by atomic mass is 31.2. The number of fused-ring (bicyclic) bond motifs is 3. The van der Waals surface area contributed by atoms with Gasteiger partial charge in [0.15, 0.2) is 12.2 Å². The van der Waals surface area contributed by atoms with Crippen LogP contribution >= 0.6 is 7.82 Å². The molecule has 13 heteroatoms. The van der Waals surface area contributed by atoms with Crippen LogP contribution in [-0.4, -0.2) is 73.0 Å². The van der Waals surface area contributed by atoms with Crippen LogP contribution < -0.4 is 9.64 Å². The second kappa shape index (κ2) is 8.55. The van der Waals surface area contributed by atoms with E-state index < -0.39 is 32.2 Å². The minimum absolute atomic E-state index is 0.122. The summed E-state index contributed by atoms with van der Waals surface area (Å²) in [6.45, 7) is 0.254. The third-order valence-electron chi connectivity index (χ3n) is 5.92. The number of phosphoric acid groups is 1. The van der Waals surface area contributed by atoms with Crippen molar-refractivity contribution in [3.05, 3.63) is 42.2 Å². The van der Waals surface area contributed by atoms with Gasteiger partial charge in [-0.3, -0.25) is 18.9 Å². The Morgan fingerprint density at radius 3 is 2.65 bits per heavy atom. The van der Waals surface area contributed by atoms with Gasteiger partial charge in [0, 0.05) is 25.9 Å². The molecule has 12 nitrogen and oxygen atoms in total. The molecule has 2 saturated heterocycles. The Bertz CT molecular complexity index is 1170. The number of amides is 2. The summed E-state index contributed by atoms with van der Waals surface area (Å²) in [5, 5.41) is 0. The lowest BCUT2D eigenvalue weighted by atomic mass is 10.0. The molecule has 1 aromatic carbocycles. The molecule has 1 unspecified atom stereocenters. The molecule has 3 aliphatic rings. The topological polar surface area (TPSA) is 137 Å². The fraction of sp³-hybridized carbons (Fsp3) is 0.381. The average Bonchev–Trinajstić information content (AvgIpc) is 3.36. The summed E-state index contributed by atoms with van der Waals surface area (Å²) in [5.74, 6) is 0.493. The largest absolute Gasteiger partial charge is 0.489 e. The van der Waals surface area contributed by atoms with Crippen LogP contribution in [0.4, 0.5) is 15.3 Å². The summed E-state index contributed by atoms with van der Waals surface area (Å²) in [4.78, 5) is 40.9. The maximum atomic E-state index is 12.5. The van der Waals surface area contributed by atoms with Crippen LogP contribution in [-0.2, 0) is 23.1 Å². The molecule has 0 spiro atoms. The van der Waals surface area contributed by atoms with Crippen LogP contribution in [0, 0.1) is 0 Å². The Kier molecular flexibility index (Phi) is 5.68. The molecule has 0 radical (unpaired) electrons. The number of hydrogen-bond donors (Lipinski definition) is 1. The number of carbonyl (C=O) groups excluding carboxylic acids is 2. The van der Waals surface area contributed by atoms with E-state index in [1.165, 1.54) is 9.80 Å². The van der Waals surface area contributed by atoms with E-state index in [9.17, 15) is 19.0 Å². The van der Waals surface area contributed by atoms with Crippen molar-refractivity contribution in [1.82, 2.24) is 9.88 Å². The standard InChI is InChI=1S/C21H22N3O9P/c1-23-9-18(32-20(23)25)14-5-3-13(8-22-14)12-4-6-15-17(7-12)30-10-16-19(33-21(26)24(15)16)11-31-34(27,28)29-2/h3-8,16,18-19H,9-11H2,1-2H3,(H,27,28)/t16-,18-,19-/m0/s1. The van der Waals surface area contributed by atoms with Gasteiger partial charge in [0.1, 0.15) is 18.4 Å². The number of hydrogen-bond acceptors (Lipinski definition) is 9. The van der Waals surface area contributed by atoms with Crippen LogP contribution in [0.5, 0.6) is 5.75 Å². The van der Waals surface area contributed by atoms with Gasteiger partial charge in [-0.05, 0) is 23.8 Å². The molecule has 2 fully saturated rings. The van der Waals surface area contributed by atoms with Crippen LogP contribution in [0.1, 0.15) is 11.8 Å². The van der Waals surface area contributed by atoms with Crippen molar-refractivity contribution in [2.24, 2.45) is 0 Å². The Hall–Kier alpha value is -3.18. The second-order valence-corrected chi connectivity index (χ2v) is 9.59. The van der Waals surface area contributed by atoms with Crippen molar-refractivity contribution in [1.29, 1.82) is 0 Å². The minimum atomic E-state index is -4.20. The number of cyclic esters (lactones) is 2. The van der Waals surface area contributed by atoms with Crippen molar-refractivity contribution < 1.29 is 42.3 Å². The van der Waals surface area contributed by atoms with Gasteiger partial charge in [-0.25, -0.2) is 14.2 Å². The molecule has 4 heterocycles. The summed E-state index contributed by atoms with van der Waals surface area (Å²) in [6.07, 6.45) is -0.481. The number of benzene rings is 1. The first-order valence-electron chi connectivity index (χ1n) is 10.4. The molecule has 1 N–H and O–H groups in total. The number of aromatic nitrogens is 1. The van der Waals surface area contributed by atoms with Gasteiger partial charge >= 0.3 is 20.0 Å². The van der Waals surface area contributed by atoms with Crippen molar-refractivity contribution in [3.8, 4) is 16.9 Å². The zero-order valence-corrected chi connectivity index (χ0v) is 19.2.